The number of aromatic amines is 1. The highest BCUT2D eigenvalue weighted by molar-refractivity contribution is 7.00. The van der Waals surface area contributed by atoms with Gasteiger partial charge in [0.15, 0.2) is 5.78 Å². The summed E-state index contributed by atoms with van der Waals surface area (Å²) in [6.07, 6.45) is 1.09. The summed E-state index contributed by atoms with van der Waals surface area (Å²) < 4.78 is 8.91. The van der Waals surface area contributed by atoms with Crippen LogP contribution in [0.5, 0.6) is 0 Å². The molecule has 9 heteroatoms. The summed E-state index contributed by atoms with van der Waals surface area (Å²) in [5.74, 6) is -0.454. The minimum absolute atomic E-state index is 0.122. The fourth-order valence-electron chi connectivity index (χ4n) is 1.95. The fraction of sp³-hybridized carbons (Fsp3) is 0.0833. The molecule has 106 valence electrons. The molecule has 2 aromatic heterocycles. The molecule has 0 aliphatic carbocycles. The number of fused-ring (bicyclic) bond motifs is 1. The van der Waals surface area contributed by atoms with E-state index in [9.17, 15) is 14.4 Å². The lowest BCUT2D eigenvalue weighted by Crippen LogP contribution is -2.36. The second-order valence-electron chi connectivity index (χ2n) is 4.23. The highest BCUT2D eigenvalue weighted by atomic mass is 35.5. The van der Waals surface area contributed by atoms with E-state index in [0.29, 0.717) is 11.0 Å². The van der Waals surface area contributed by atoms with Crippen LogP contribution in [0.2, 0.25) is 5.02 Å². The molecule has 0 unspecified atom stereocenters. The topological polar surface area (TPSA) is 97.7 Å². The lowest BCUT2D eigenvalue weighted by atomic mass is 10.2. The van der Waals surface area contributed by atoms with Crippen molar-refractivity contribution in [1.29, 1.82) is 0 Å². The average molecular weight is 323 g/mol. The van der Waals surface area contributed by atoms with E-state index in [2.05, 4.69) is 13.7 Å². The van der Waals surface area contributed by atoms with Crippen LogP contribution in [0.4, 0.5) is 0 Å². The molecule has 0 atom stereocenters. The first-order valence-corrected chi connectivity index (χ1v) is 6.88. The maximum Gasteiger partial charge on any atom is 0.333 e. The Labute approximate surface area is 126 Å². The number of ketones is 1. The monoisotopic (exact) mass is 322 g/mol. The van der Waals surface area contributed by atoms with Crippen molar-refractivity contribution >= 4 is 40.1 Å². The highest BCUT2D eigenvalue weighted by Gasteiger charge is 2.18. The Morgan fingerprint density at radius 1 is 1.33 bits per heavy atom. The van der Waals surface area contributed by atoms with Gasteiger partial charge in [-0.1, -0.05) is 11.6 Å². The van der Waals surface area contributed by atoms with Crippen molar-refractivity contribution in [2.24, 2.45) is 0 Å². The summed E-state index contributed by atoms with van der Waals surface area (Å²) in [5, 5.41) is 0.170. The van der Waals surface area contributed by atoms with Crippen LogP contribution in [0.1, 0.15) is 17.3 Å². The quantitative estimate of drug-likeness (QED) is 0.719. The Bertz CT molecular complexity index is 988. The predicted molar refractivity (Wildman–Crippen MR) is 78.6 cm³/mol. The van der Waals surface area contributed by atoms with Gasteiger partial charge in [-0.15, -0.1) is 0 Å². The predicted octanol–water partition coefficient (Wildman–Crippen LogP) is 1.39. The Balaban J connectivity index is 2.49. The summed E-state index contributed by atoms with van der Waals surface area (Å²) in [6.45, 7) is 1.24. The first-order valence-electron chi connectivity index (χ1n) is 5.77. The molecule has 0 spiro atoms. The number of aromatic nitrogens is 4. The number of benzene rings is 1. The first kappa shape index (κ1) is 13.7. The number of hydrogen-bond donors (Lipinski definition) is 1. The van der Waals surface area contributed by atoms with E-state index in [0.717, 1.165) is 22.5 Å². The third-order valence-corrected chi connectivity index (χ3v) is 3.78. The van der Waals surface area contributed by atoms with Gasteiger partial charge < -0.3 is 4.98 Å². The molecule has 0 aliphatic rings. The number of halogens is 1. The molecule has 0 radical (unpaired) electrons. The van der Waals surface area contributed by atoms with Crippen LogP contribution in [0, 0.1) is 0 Å². The van der Waals surface area contributed by atoms with Gasteiger partial charge in [0.2, 0.25) is 0 Å². The minimum atomic E-state index is -0.742. The van der Waals surface area contributed by atoms with Gasteiger partial charge >= 0.3 is 5.69 Å². The third kappa shape index (κ3) is 2.08. The van der Waals surface area contributed by atoms with Crippen LogP contribution < -0.4 is 11.2 Å². The van der Waals surface area contributed by atoms with E-state index in [1.165, 1.54) is 13.0 Å². The second-order valence-corrected chi connectivity index (χ2v) is 5.17. The van der Waals surface area contributed by atoms with Crippen molar-refractivity contribution < 1.29 is 4.79 Å². The normalized spacial score (nSPS) is 11.0. The summed E-state index contributed by atoms with van der Waals surface area (Å²) in [7, 11) is 0. The largest absolute Gasteiger partial charge is 0.333 e. The molecule has 3 rings (SSSR count). The first-order chi connectivity index (χ1) is 10.0. The van der Waals surface area contributed by atoms with E-state index >= 15 is 0 Å². The zero-order chi connectivity index (χ0) is 15.1. The maximum atomic E-state index is 12.4. The van der Waals surface area contributed by atoms with Gasteiger partial charge in [-0.2, -0.15) is 8.75 Å². The van der Waals surface area contributed by atoms with Crippen molar-refractivity contribution in [3.05, 3.63) is 49.8 Å². The molecule has 0 bridgehead atoms. The van der Waals surface area contributed by atoms with E-state index in [-0.39, 0.29) is 16.3 Å². The fourth-order valence-corrected chi connectivity index (χ4v) is 2.73. The van der Waals surface area contributed by atoms with Gasteiger partial charge in [-0.3, -0.25) is 9.59 Å². The van der Waals surface area contributed by atoms with E-state index in [1.807, 2.05) is 0 Å². The zero-order valence-electron chi connectivity index (χ0n) is 10.6. The lowest BCUT2D eigenvalue weighted by molar-refractivity contribution is 0.101. The van der Waals surface area contributed by atoms with Crippen molar-refractivity contribution in [3.63, 3.8) is 0 Å². The number of rotatable bonds is 2. The van der Waals surface area contributed by atoms with E-state index < -0.39 is 17.0 Å². The number of carbonyl (C=O) groups excluding carboxylic acids is 1. The number of hydrogen-bond acceptors (Lipinski definition) is 6. The molecule has 21 heavy (non-hydrogen) atoms. The van der Waals surface area contributed by atoms with Crippen LogP contribution in [0.3, 0.4) is 0 Å². The summed E-state index contributed by atoms with van der Waals surface area (Å²) in [6, 6.07) is 3.16. The molecule has 0 amide bonds. The van der Waals surface area contributed by atoms with Gasteiger partial charge in [0.05, 0.1) is 22.3 Å². The molecular formula is C12H7ClN4O3S. The van der Waals surface area contributed by atoms with Crippen LogP contribution in [0.25, 0.3) is 16.7 Å². The van der Waals surface area contributed by atoms with Crippen molar-refractivity contribution in [2.45, 2.75) is 6.92 Å². The number of H-pyrrole nitrogens is 1. The number of carbonyl (C=O) groups is 1. The van der Waals surface area contributed by atoms with Crippen LogP contribution in [-0.4, -0.2) is 24.1 Å². The van der Waals surface area contributed by atoms with Crippen molar-refractivity contribution in [2.75, 3.05) is 0 Å². The van der Waals surface area contributed by atoms with E-state index in [1.54, 1.807) is 6.07 Å². The summed E-state index contributed by atoms with van der Waals surface area (Å²) >= 11 is 7.05. The van der Waals surface area contributed by atoms with Crippen LogP contribution in [0.15, 0.2) is 27.9 Å². The Kier molecular flexibility index (Phi) is 3.19. The molecule has 0 aliphatic heterocycles. The lowest BCUT2D eigenvalue weighted by Gasteiger charge is -2.08. The van der Waals surface area contributed by atoms with Crippen LogP contribution in [-0.2, 0) is 0 Å². The van der Waals surface area contributed by atoms with Crippen molar-refractivity contribution in [1.82, 2.24) is 18.3 Å². The van der Waals surface area contributed by atoms with Gasteiger partial charge in [0, 0.05) is 6.20 Å². The molecule has 0 saturated carbocycles. The number of Topliss-reactive ketones (excluding diaryl/α,β-unsaturated/α-hetero) is 1. The second kappa shape index (κ2) is 4.90. The van der Waals surface area contributed by atoms with Gasteiger partial charge in [0.25, 0.3) is 5.56 Å². The SMILES string of the molecule is CC(=O)c1c[nH]c(=O)n(-c2c(Cl)ccc3nsnc23)c1=O. The molecule has 1 N–H and O–H groups in total. The molecule has 1 aromatic carbocycles. The summed E-state index contributed by atoms with van der Waals surface area (Å²) in [4.78, 5) is 38.2. The smallest absolute Gasteiger partial charge is 0.313 e. The van der Waals surface area contributed by atoms with Crippen LogP contribution >= 0.6 is 23.3 Å². The highest BCUT2D eigenvalue weighted by Crippen LogP contribution is 2.26. The standard InChI is InChI=1S/C12H7ClN4O3S/c1-5(18)6-4-14-12(20)17(11(6)19)10-7(13)2-3-8-9(10)16-21-15-8/h2-4H,1H3,(H,14,20). The minimum Gasteiger partial charge on any atom is -0.313 e. The van der Waals surface area contributed by atoms with Gasteiger partial charge in [0.1, 0.15) is 16.7 Å². The van der Waals surface area contributed by atoms with E-state index in [4.69, 9.17) is 11.6 Å². The molecule has 7 nitrogen and oxygen atoms in total. The van der Waals surface area contributed by atoms with Gasteiger partial charge in [-0.05, 0) is 19.1 Å². The molecular weight excluding hydrogens is 316 g/mol. The molecule has 2 heterocycles. The zero-order valence-corrected chi connectivity index (χ0v) is 12.2. The molecule has 0 saturated heterocycles. The Morgan fingerprint density at radius 3 is 2.81 bits per heavy atom. The number of nitrogens with zero attached hydrogens (tertiary/aromatic N) is 3. The van der Waals surface area contributed by atoms with Gasteiger partial charge in [-0.25, -0.2) is 9.36 Å². The number of nitrogens with one attached hydrogen (secondary N) is 1. The molecule has 0 fully saturated rings. The molecule has 3 aromatic rings. The summed E-state index contributed by atoms with van der Waals surface area (Å²) in [5.41, 5.74) is -0.607. The Morgan fingerprint density at radius 2 is 2.10 bits per heavy atom. The average Bonchev–Trinajstić information content (AvgIpc) is 2.89. The third-order valence-electron chi connectivity index (χ3n) is 2.93. The van der Waals surface area contributed by atoms with Crippen molar-refractivity contribution in [3.8, 4) is 5.69 Å². The Hall–Kier alpha value is -2.32. The maximum absolute atomic E-state index is 12.4.